The second-order valence-electron chi connectivity index (χ2n) is 9.12. The molecule has 1 aromatic heterocycles. The van der Waals surface area contributed by atoms with Gasteiger partial charge in [0.2, 0.25) is 0 Å². The summed E-state index contributed by atoms with van der Waals surface area (Å²) in [7, 11) is 4.12. The van der Waals surface area contributed by atoms with E-state index in [4.69, 9.17) is 16.5 Å². The maximum Gasteiger partial charge on any atom is 0.319 e. The van der Waals surface area contributed by atoms with Crippen LogP contribution in [0.1, 0.15) is 31.2 Å². The maximum atomic E-state index is 12.1. The van der Waals surface area contributed by atoms with E-state index in [1.807, 2.05) is 36.4 Å². The van der Waals surface area contributed by atoms with Gasteiger partial charge in [0.05, 0.1) is 5.52 Å². The van der Waals surface area contributed by atoms with Crippen LogP contribution < -0.4 is 26.6 Å². The summed E-state index contributed by atoms with van der Waals surface area (Å²) in [5.41, 5.74) is 15.4. The van der Waals surface area contributed by atoms with E-state index in [0.717, 1.165) is 59.3 Å². The number of rotatable bonds is 7. The number of hydrogen-bond acceptors (Lipinski definition) is 5. The second kappa shape index (κ2) is 10.1. The molecule has 5 N–H and O–H groups in total. The van der Waals surface area contributed by atoms with Crippen molar-refractivity contribution >= 4 is 34.1 Å². The number of hydrogen-bond donors (Lipinski definition) is 3. The number of nitrogens with two attached hydrogens (primary N) is 2. The van der Waals surface area contributed by atoms with E-state index in [0.29, 0.717) is 25.0 Å². The van der Waals surface area contributed by atoms with Crippen molar-refractivity contribution in [1.82, 2.24) is 4.98 Å². The van der Waals surface area contributed by atoms with Gasteiger partial charge in [-0.2, -0.15) is 0 Å². The predicted octanol–water partition coefficient (Wildman–Crippen LogP) is 4.32. The number of nitrogens with zero attached hydrogens (tertiary/aromatic N) is 3. The standard InChI is InChI=1S/C26H34N6O/c1-31(2)24-15-25(30-23-6-4-3-5-22(23)24)29-20-11-7-19(8-12-20)17-32(26(28)33)21-13-9-18(16-27)10-14-21/h3-6,9-10,13-15,19-20H,7-8,11-12,16-17,27H2,1-2H3,(H2,28,33)(H,29,30). The third-order valence-electron chi connectivity index (χ3n) is 6.57. The molecule has 1 fully saturated rings. The Bertz CT molecular complexity index is 1090. The van der Waals surface area contributed by atoms with Crippen LogP contribution >= 0.6 is 0 Å². The van der Waals surface area contributed by atoms with Crippen LogP contribution in [0.5, 0.6) is 0 Å². The molecule has 0 spiro atoms. The first-order chi connectivity index (χ1) is 15.9. The van der Waals surface area contributed by atoms with Gasteiger partial charge in [0.25, 0.3) is 0 Å². The average Bonchev–Trinajstić information content (AvgIpc) is 2.83. The monoisotopic (exact) mass is 446 g/mol. The van der Waals surface area contributed by atoms with Gasteiger partial charge in [-0.3, -0.25) is 4.90 Å². The van der Waals surface area contributed by atoms with Gasteiger partial charge in [-0.25, -0.2) is 9.78 Å². The number of anilines is 3. The van der Waals surface area contributed by atoms with Crippen LogP contribution in [0.25, 0.3) is 10.9 Å². The molecule has 7 heteroatoms. The third-order valence-corrected chi connectivity index (χ3v) is 6.57. The normalized spacial score (nSPS) is 18.2. The Morgan fingerprint density at radius 2 is 1.76 bits per heavy atom. The SMILES string of the molecule is CN(C)c1cc(NC2CCC(CN(C(N)=O)c3ccc(CN)cc3)CC2)nc2ccccc12. The van der Waals surface area contributed by atoms with Crippen molar-refractivity contribution < 1.29 is 4.79 Å². The van der Waals surface area contributed by atoms with E-state index in [-0.39, 0.29) is 0 Å². The van der Waals surface area contributed by atoms with E-state index >= 15 is 0 Å². The molecule has 0 bridgehead atoms. The maximum absolute atomic E-state index is 12.1. The number of aromatic nitrogens is 1. The highest BCUT2D eigenvalue weighted by atomic mass is 16.2. The number of benzene rings is 2. The fourth-order valence-electron chi connectivity index (χ4n) is 4.69. The predicted molar refractivity (Wildman–Crippen MR) is 137 cm³/mol. The zero-order valence-corrected chi connectivity index (χ0v) is 19.5. The Kier molecular flexibility index (Phi) is 6.99. The zero-order chi connectivity index (χ0) is 23.4. The van der Waals surface area contributed by atoms with Gasteiger partial charge in [0.1, 0.15) is 5.82 Å². The summed E-state index contributed by atoms with van der Waals surface area (Å²) in [5.74, 6) is 1.34. The molecule has 0 radical (unpaired) electrons. The molecule has 7 nitrogen and oxygen atoms in total. The molecule has 2 amide bonds. The molecular formula is C26H34N6O. The van der Waals surface area contributed by atoms with Crippen LogP contribution in [0.4, 0.5) is 22.0 Å². The average molecular weight is 447 g/mol. The molecule has 0 aliphatic heterocycles. The number of primary amides is 1. The number of carbonyl (C=O) groups is 1. The molecule has 1 heterocycles. The Labute approximate surface area is 195 Å². The molecule has 0 unspecified atom stereocenters. The molecule has 1 aliphatic carbocycles. The highest BCUT2D eigenvalue weighted by molar-refractivity contribution is 5.93. The Morgan fingerprint density at radius 1 is 1.06 bits per heavy atom. The number of amides is 2. The van der Waals surface area contributed by atoms with Gasteiger partial charge >= 0.3 is 6.03 Å². The number of para-hydroxylation sites is 1. The Hall–Kier alpha value is -3.32. The summed E-state index contributed by atoms with van der Waals surface area (Å²) >= 11 is 0. The van der Waals surface area contributed by atoms with E-state index in [9.17, 15) is 4.79 Å². The second-order valence-corrected chi connectivity index (χ2v) is 9.12. The lowest BCUT2D eigenvalue weighted by atomic mass is 9.85. The highest BCUT2D eigenvalue weighted by Gasteiger charge is 2.25. The lowest BCUT2D eigenvalue weighted by Crippen LogP contribution is -2.41. The summed E-state index contributed by atoms with van der Waals surface area (Å²) in [4.78, 5) is 20.8. The van der Waals surface area contributed by atoms with Crippen molar-refractivity contribution in [3.63, 3.8) is 0 Å². The minimum absolute atomic E-state index is 0.371. The van der Waals surface area contributed by atoms with Crippen LogP contribution in [-0.2, 0) is 6.54 Å². The van der Waals surface area contributed by atoms with Crippen LogP contribution in [0, 0.1) is 5.92 Å². The van der Waals surface area contributed by atoms with Crippen molar-refractivity contribution in [1.29, 1.82) is 0 Å². The van der Waals surface area contributed by atoms with Crippen LogP contribution in [-0.4, -0.2) is 37.7 Å². The molecule has 3 aromatic rings. The molecule has 174 valence electrons. The minimum atomic E-state index is -0.410. The van der Waals surface area contributed by atoms with Gasteiger partial charge in [-0.05, 0) is 55.4 Å². The lowest BCUT2D eigenvalue weighted by molar-refractivity contribution is 0.250. The summed E-state index contributed by atoms with van der Waals surface area (Å²) in [6, 6.07) is 18.1. The molecule has 0 atom stereocenters. The van der Waals surface area contributed by atoms with Gasteiger partial charge in [0.15, 0.2) is 0 Å². The quantitative estimate of drug-likeness (QED) is 0.502. The molecule has 0 saturated heterocycles. The zero-order valence-electron chi connectivity index (χ0n) is 19.5. The molecular weight excluding hydrogens is 412 g/mol. The molecule has 4 rings (SSSR count). The van der Waals surface area contributed by atoms with Crippen LogP contribution in [0.15, 0.2) is 54.6 Å². The van der Waals surface area contributed by atoms with Crippen LogP contribution in [0.2, 0.25) is 0 Å². The first-order valence-corrected chi connectivity index (χ1v) is 11.6. The van der Waals surface area contributed by atoms with Crippen molar-refractivity contribution in [2.45, 2.75) is 38.3 Å². The third kappa shape index (κ3) is 5.37. The number of carbonyl (C=O) groups excluding carboxylic acids is 1. The van der Waals surface area contributed by atoms with E-state index < -0.39 is 6.03 Å². The molecule has 1 aliphatic rings. The summed E-state index contributed by atoms with van der Waals surface area (Å²) in [6.07, 6.45) is 4.15. The number of nitrogens with one attached hydrogen (secondary N) is 1. The Balaban J connectivity index is 1.39. The summed E-state index contributed by atoms with van der Waals surface area (Å²) in [5, 5.41) is 4.81. The minimum Gasteiger partial charge on any atom is -0.377 e. The first-order valence-electron chi connectivity index (χ1n) is 11.6. The van der Waals surface area contributed by atoms with E-state index in [1.54, 1.807) is 4.90 Å². The van der Waals surface area contributed by atoms with Gasteiger partial charge in [-0.15, -0.1) is 0 Å². The fourth-order valence-corrected chi connectivity index (χ4v) is 4.69. The molecule has 1 saturated carbocycles. The number of fused-ring (bicyclic) bond motifs is 1. The Morgan fingerprint density at radius 3 is 2.39 bits per heavy atom. The van der Waals surface area contributed by atoms with Crippen molar-refractivity contribution in [2.75, 3.05) is 35.8 Å². The van der Waals surface area contributed by atoms with Crippen molar-refractivity contribution in [3.05, 3.63) is 60.2 Å². The van der Waals surface area contributed by atoms with Gasteiger partial charge < -0.3 is 21.7 Å². The number of pyridine rings is 1. The largest absolute Gasteiger partial charge is 0.377 e. The lowest BCUT2D eigenvalue weighted by Gasteiger charge is -2.33. The van der Waals surface area contributed by atoms with Crippen molar-refractivity contribution in [3.8, 4) is 0 Å². The highest BCUT2D eigenvalue weighted by Crippen LogP contribution is 2.31. The van der Waals surface area contributed by atoms with E-state index in [1.165, 1.54) is 0 Å². The summed E-state index contributed by atoms with van der Waals surface area (Å²) in [6.45, 7) is 1.12. The van der Waals surface area contributed by atoms with Gasteiger partial charge in [-0.1, -0.05) is 30.3 Å². The summed E-state index contributed by atoms with van der Waals surface area (Å²) < 4.78 is 0. The van der Waals surface area contributed by atoms with Crippen LogP contribution in [0.3, 0.4) is 0 Å². The fraction of sp³-hybridized carbons (Fsp3) is 0.385. The number of urea groups is 1. The molecule has 2 aromatic carbocycles. The molecule has 33 heavy (non-hydrogen) atoms. The topological polar surface area (TPSA) is 101 Å². The van der Waals surface area contributed by atoms with Gasteiger partial charge in [0, 0.05) is 56.1 Å². The van der Waals surface area contributed by atoms with E-state index in [2.05, 4.69) is 42.5 Å². The smallest absolute Gasteiger partial charge is 0.319 e. The first kappa shape index (κ1) is 22.9. The van der Waals surface area contributed by atoms with Crippen molar-refractivity contribution in [2.24, 2.45) is 17.4 Å².